The van der Waals surface area contributed by atoms with Crippen LogP contribution in [0.1, 0.15) is 82.0 Å². The summed E-state index contributed by atoms with van der Waals surface area (Å²) in [5, 5.41) is 0. The van der Waals surface area contributed by atoms with Crippen LogP contribution in [0, 0.1) is 46.3 Å². The fraction of sp³-hybridized carbons (Fsp3) is 0.741. The van der Waals surface area contributed by atoms with E-state index in [4.69, 9.17) is 4.74 Å². The number of hydrogen-bond donors (Lipinski definition) is 0. The average Bonchev–Trinajstić information content (AvgIpc) is 3.46. The number of carbonyl (C=O) groups is 1. The van der Waals surface area contributed by atoms with Gasteiger partial charge >= 0.3 is 5.97 Å². The molecule has 29 heavy (non-hydrogen) atoms. The van der Waals surface area contributed by atoms with E-state index in [0.717, 1.165) is 41.9 Å². The van der Waals surface area contributed by atoms with E-state index in [2.05, 4.69) is 13.8 Å². The first-order valence-corrected chi connectivity index (χ1v) is 12.3. The molecule has 9 atom stereocenters. The molecule has 0 aliphatic heterocycles. The number of fused-ring (bicyclic) bond motifs is 8. The van der Waals surface area contributed by atoms with Crippen molar-refractivity contribution in [2.75, 3.05) is 0 Å². The van der Waals surface area contributed by atoms with E-state index in [1.165, 1.54) is 51.4 Å². The molecule has 5 aliphatic rings. The summed E-state index contributed by atoms with van der Waals surface area (Å²) >= 11 is 0. The van der Waals surface area contributed by atoms with Crippen molar-refractivity contribution in [3.8, 4) is 0 Å². The summed E-state index contributed by atoms with van der Waals surface area (Å²) in [4.78, 5) is 12.8. The zero-order chi connectivity index (χ0) is 19.8. The Balaban J connectivity index is 1.26. The van der Waals surface area contributed by atoms with Crippen molar-refractivity contribution in [3.05, 3.63) is 35.9 Å². The molecule has 6 rings (SSSR count). The minimum Gasteiger partial charge on any atom is -0.458 e. The van der Waals surface area contributed by atoms with Gasteiger partial charge in [0.2, 0.25) is 0 Å². The van der Waals surface area contributed by atoms with Crippen LogP contribution in [-0.4, -0.2) is 12.1 Å². The summed E-state index contributed by atoms with van der Waals surface area (Å²) in [6, 6.07) is 9.58. The molecule has 2 nitrogen and oxygen atoms in total. The number of benzene rings is 1. The summed E-state index contributed by atoms with van der Waals surface area (Å²) in [5.74, 6) is 5.51. The van der Waals surface area contributed by atoms with Crippen LogP contribution < -0.4 is 0 Å². The Kier molecular flexibility index (Phi) is 4.04. The fourth-order valence-corrected chi connectivity index (χ4v) is 9.17. The largest absolute Gasteiger partial charge is 0.458 e. The number of rotatable bonds is 2. The lowest BCUT2D eigenvalue weighted by molar-refractivity contribution is -0.127. The van der Waals surface area contributed by atoms with E-state index in [1.54, 1.807) is 0 Å². The molecule has 0 aromatic heterocycles. The molecule has 1 aromatic carbocycles. The van der Waals surface area contributed by atoms with Crippen molar-refractivity contribution in [1.82, 2.24) is 0 Å². The third kappa shape index (κ3) is 2.56. The molecule has 0 N–H and O–H groups in total. The molecule has 156 valence electrons. The van der Waals surface area contributed by atoms with Crippen LogP contribution in [-0.2, 0) is 4.74 Å². The smallest absolute Gasteiger partial charge is 0.338 e. The van der Waals surface area contributed by atoms with Gasteiger partial charge in [-0.2, -0.15) is 0 Å². The Morgan fingerprint density at radius 3 is 2.48 bits per heavy atom. The van der Waals surface area contributed by atoms with Crippen LogP contribution in [0.15, 0.2) is 30.3 Å². The lowest BCUT2D eigenvalue weighted by Gasteiger charge is -2.60. The van der Waals surface area contributed by atoms with Crippen LogP contribution >= 0.6 is 0 Å². The Bertz CT molecular complexity index is 802. The van der Waals surface area contributed by atoms with Gasteiger partial charge in [0, 0.05) is 5.41 Å². The fourth-order valence-electron chi connectivity index (χ4n) is 9.17. The zero-order valence-corrected chi connectivity index (χ0v) is 18.1. The topological polar surface area (TPSA) is 26.3 Å². The van der Waals surface area contributed by atoms with Crippen LogP contribution in [0.4, 0.5) is 0 Å². The van der Waals surface area contributed by atoms with Crippen LogP contribution in [0.2, 0.25) is 0 Å². The third-order valence-corrected chi connectivity index (χ3v) is 10.6. The van der Waals surface area contributed by atoms with E-state index in [1.807, 2.05) is 30.3 Å². The van der Waals surface area contributed by atoms with E-state index >= 15 is 0 Å². The van der Waals surface area contributed by atoms with Crippen molar-refractivity contribution in [2.45, 2.75) is 77.7 Å². The standard InChI is InChI=1S/C27H36O2/c1-26-14-7-6-10-20(26)18-16-19(18)24-21-11-12-23(27(21,2)15-13-22(24)26)29-25(28)17-8-4-3-5-9-17/h3-5,8-9,18-24H,6-7,10-16H2,1-2H3/t18-,19+,20+,21-,22-,23-,24-,26-,27-/m0/s1. The van der Waals surface area contributed by atoms with Gasteiger partial charge in [-0.1, -0.05) is 44.9 Å². The van der Waals surface area contributed by atoms with Crippen molar-refractivity contribution < 1.29 is 9.53 Å². The van der Waals surface area contributed by atoms with Crippen LogP contribution in [0.3, 0.4) is 0 Å². The molecule has 5 fully saturated rings. The normalized spacial score (nSPS) is 49.9. The maximum atomic E-state index is 12.8. The zero-order valence-electron chi connectivity index (χ0n) is 18.1. The second kappa shape index (κ2) is 6.34. The predicted octanol–water partition coefficient (Wildman–Crippen LogP) is 6.50. The monoisotopic (exact) mass is 392 g/mol. The molecule has 5 saturated carbocycles. The highest BCUT2D eigenvalue weighted by atomic mass is 16.5. The minimum absolute atomic E-state index is 0.107. The number of carbonyl (C=O) groups excluding carboxylic acids is 1. The van der Waals surface area contributed by atoms with Crippen molar-refractivity contribution in [3.63, 3.8) is 0 Å². The molecule has 1 aromatic rings. The SMILES string of the molecule is C[C@]12CCCC[C@@H]1[C@H]1C[C@H]1[C@@H]1[C@@H]2CC[C@]2(C)[C@@H](OC(=O)c3ccccc3)CC[C@@H]12. The Morgan fingerprint density at radius 2 is 1.66 bits per heavy atom. The summed E-state index contributed by atoms with van der Waals surface area (Å²) in [6.07, 6.45) is 12.5. The highest BCUT2D eigenvalue weighted by Gasteiger charge is 2.69. The maximum absolute atomic E-state index is 12.8. The molecule has 0 radical (unpaired) electrons. The van der Waals surface area contributed by atoms with Gasteiger partial charge < -0.3 is 4.74 Å². The van der Waals surface area contributed by atoms with E-state index < -0.39 is 0 Å². The van der Waals surface area contributed by atoms with Crippen LogP contribution in [0.5, 0.6) is 0 Å². The highest BCUT2D eigenvalue weighted by Crippen LogP contribution is 2.74. The molecular weight excluding hydrogens is 356 g/mol. The predicted molar refractivity (Wildman–Crippen MR) is 114 cm³/mol. The molecule has 0 bridgehead atoms. The first kappa shape index (κ1) is 18.5. The highest BCUT2D eigenvalue weighted by molar-refractivity contribution is 5.89. The number of esters is 1. The average molecular weight is 393 g/mol. The molecule has 0 spiro atoms. The van der Waals surface area contributed by atoms with E-state index in [0.29, 0.717) is 11.0 Å². The first-order chi connectivity index (χ1) is 14.0. The van der Waals surface area contributed by atoms with Gasteiger partial charge in [0.15, 0.2) is 0 Å². The van der Waals surface area contributed by atoms with Crippen molar-refractivity contribution >= 4 is 5.97 Å². The molecule has 2 heteroatoms. The molecule has 0 unspecified atom stereocenters. The van der Waals surface area contributed by atoms with E-state index in [9.17, 15) is 4.79 Å². The van der Waals surface area contributed by atoms with Crippen molar-refractivity contribution in [2.24, 2.45) is 46.3 Å². The van der Waals surface area contributed by atoms with Gasteiger partial charge in [-0.15, -0.1) is 0 Å². The van der Waals surface area contributed by atoms with Crippen molar-refractivity contribution in [1.29, 1.82) is 0 Å². The summed E-state index contributed by atoms with van der Waals surface area (Å²) in [6.45, 7) is 5.14. The van der Waals surface area contributed by atoms with Gasteiger partial charge in [-0.3, -0.25) is 0 Å². The second-order valence-electron chi connectivity index (χ2n) is 11.6. The Hall–Kier alpha value is -1.31. The molecular formula is C27H36O2. The van der Waals surface area contributed by atoms with Gasteiger partial charge in [0.1, 0.15) is 6.10 Å². The number of ether oxygens (including phenoxy) is 1. The molecule has 5 aliphatic carbocycles. The Morgan fingerprint density at radius 1 is 0.862 bits per heavy atom. The summed E-state index contributed by atoms with van der Waals surface area (Å²) in [7, 11) is 0. The van der Waals surface area contributed by atoms with Gasteiger partial charge in [-0.25, -0.2) is 4.79 Å². The maximum Gasteiger partial charge on any atom is 0.338 e. The van der Waals surface area contributed by atoms with E-state index in [-0.39, 0.29) is 17.5 Å². The first-order valence-electron chi connectivity index (χ1n) is 12.3. The quantitative estimate of drug-likeness (QED) is 0.537. The summed E-state index contributed by atoms with van der Waals surface area (Å²) in [5.41, 5.74) is 1.49. The van der Waals surface area contributed by atoms with Crippen LogP contribution in [0.25, 0.3) is 0 Å². The Labute approximate surface area is 175 Å². The lowest BCUT2D eigenvalue weighted by Crippen LogP contribution is -2.54. The molecule has 0 heterocycles. The third-order valence-electron chi connectivity index (χ3n) is 10.6. The summed E-state index contributed by atoms with van der Waals surface area (Å²) < 4.78 is 6.19. The number of hydrogen-bond acceptors (Lipinski definition) is 2. The second-order valence-corrected chi connectivity index (χ2v) is 11.6. The minimum atomic E-state index is -0.119. The van der Waals surface area contributed by atoms with Gasteiger partial charge in [0.05, 0.1) is 5.56 Å². The van der Waals surface area contributed by atoms with Gasteiger partial charge in [-0.05, 0) is 98.0 Å². The molecule has 0 saturated heterocycles. The van der Waals surface area contributed by atoms with Gasteiger partial charge in [0.25, 0.3) is 0 Å². The molecule has 0 amide bonds. The lowest BCUT2D eigenvalue weighted by atomic mass is 9.45.